The Morgan fingerprint density at radius 1 is 1.15 bits per heavy atom. The Hall–Kier alpha value is -1.56. The molecule has 0 spiro atoms. The molecule has 5 nitrogen and oxygen atoms in total. The highest BCUT2D eigenvalue weighted by atomic mass is 35.5. The van der Waals surface area contributed by atoms with E-state index in [1.165, 1.54) is 10.9 Å². The predicted octanol–water partition coefficient (Wildman–Crippen LogP) is 2.90. The molecule has 0 aliphatic carbocycles. The molecule has 0 unspecified atom stereocenters. The van der Waals surface area contributed by atoms with Crippen molar-refractivity contribution >= 4 is 40.4 Å². The van der Waals surface area contributed by atoms with Crippen molar-refractivity contribution < 1.29 is 0 Å². The second kappa shape index (κ2) is 5.09. The molecule has 0 amide bonds. The molecule has 0 radical (unpaired) electrons. The molecule has 0 saturated carbocycles. The van der Waals surface area contributed by atoms with E-state index in [0.717, 1.165) is 5.65 Å². The maximum atomic E-state index is 11.9. The van der Waals surface area contributed by atoms with Gasteiger partial charge in [0.05, 0.1) is 28.5 Å². The number of nitrogens with zero attached hydrogens (tertiary/aromatic N) is 4. The largest absolute Gasteiger partial charge is 0.305 e. The third-order valence-electron chi connectivity index (χ3n) is 2.72. The molecule has 0 atom stereocenters. The van der Waals surface area contributed by atoms with Crippen LogP contribution in [-0.4, -0.2) is 19.2 Å². The average molecular weight is 330 g/mol. The molecule has 20 heavy (non-hydrogen) atoms. The fourth-order valence-corrected chi connectivity index (χ4v) is 2.24. The maximum Gasteiger partial charge on any atom is 0.287 e. The second-order valence-corrected chi connectivity index (χ2v) is 5.34. The Kier molecular flexibility index (Phi) is 3.41. The van der Waals surface area contributed by atoms with Crippen LogP contribution in [0.1, 0.15) is 5.69 Å². The zero-order valence-electron chi connectivity index (χ0n) is 9.92. The molecule has 0 fully saturated rings. The Labute approximate surface area is 128 Å². The number of aromatic nitrogens is 4. The van der Waals surface area contributed by atoms with Gasteiger partial charge in [-0.2, -0.15) is 5.10 Å². The van der Waals surface area contributed by atoms with E-state index in [1.54, 1.807) is 28.9 Å². The Morgan fingerprint density at radius 3 is 2.75 bits per heavy atom. The zero-order chi connectivity index (χ0) is 14.3. The molecule has 3 aromatic rings. The van der Waals surface area contributed by atoms with Crippen LogP contribution in [-0.2, 0) is 6.54 Å². The lowest BCUT2D eigenvalue weighted by Crippen LogP contribution is -2.23. The first-order valence-corrected chi connectivity index (χ1v) is 6.72. The van der Waals surface area contributed by atoms with Gasteiger partial charge >= 0.3 is 0 Å². The van der Waals surface area contributed by atoms with Crippen LogP contribution in [0, 0.1) is 0 Å². The number of hydrogen-bond acceptors (Lipinski definition) is 3. The lowest BCUT2D eigenvalue weighted by Gasteiger charge is -2.02. The number of imidazole rings is 1. The van der Waals surface area contributed by atoms with Crippen molar-refractivity contribution in [2.45, 2.75) is 6.54 Å². The molecule has 102 valence electrons. The smallest absolute Gasteiger partial charge is 0.287 e. The third-order valence-corrected chi connectivity index (χ3v) is 3.69. The number of halogens is 3. The normalized spacial score (nSPS) is 11.2. The fraction of sp³-hybridized carbons (Fsp3) is 0.0833. The van der Waals surface area contributed by atoms with Crippen molar-refractivity contribution in [2.24, 2.45) is 0 Å². The molecular weight excluding hydrogens is 323 g/mol. The molecule has 0 aromatic carbocycles. The lowest BCUT2D eigenvalue weighted by atomic mass is 10.4. The van der Waals surface area contributed by atoms with Gasteiger partial charge in [-0.05, 0) is 12.1 Å². The lowest BCUT2D eigenvalue weighted by molar-refractivity contribution is 0.630. The number of pyridine rings is 1. The standard InChI is InChI=1S/C12H7Cl3N4O/c13-7-1-2-10-17-8(5-18(10)4-7)6-19-12(20)11(15)9(14)3-16-19/h1-5H,6H2. The quantitative estimate of drug-likeness (QED) is 0.726. The highest BCUT2D eigenvalue weighted by Crippen LogP contribution is 2.15. The summed E-state index contributed by atoms with van der Waals surface area (Å²) in [6, 6.07) is 3.54. The van der Waals surface area contributed by atoms with Crippen molar-refractivity contribution in [3.63, 3.8) is 0 Å². The summed E-state index contributed by atoms with van der Waals surface area (Å²) < 4.78 is 2.98. The molecule has 0 saturated heterocycles. The van der Waals surface area contributed by atoms with E-state index < -0.39 is 5.56 Å². The van der Waals surface area contributed by atoms with E-state index in [2.05, 4.69) is 10.1 Å². The second-order valence-electron chi connectivity index (χ2n) is 4.11. The van der Waals surface area contributed by atoms with Crippen LogP contribution in [0.2, 0.25) is 15.1 Å². The Balaban J connectivity index is 2.01. The van der Waals surface area contributed by atoms with Crippen molar-refractivity contribution in [1.82, 2.24) is 19.2 Å². The van der Waals surface area contributed by atoms with E-state index in [1.807, 2.05) is 0 Å². The fourth-order valence-electron chi connectivity index (χ4n) is 1.80. The van der Waals surface area contributed by atoms with Gasteiger partial charge in [0, 0.05) is 12.4 Å². The summed E-state index contributed by atoms with van der Waals surface area (Å²) >= 11 is 17.4. The number of hydrogen-bond donors (Lipinski definition) is 0. The molecule has 3 heterocycles. The van der Waals surface area contributed by atoms with Crippen molar-refractivity contribution in [3.8, 4) is 0 Å². The van der Waals surface area contributed by atoms with Crippen LogP contribution in [0.15, 0.2) is 35.5 Å². The van der Waals surface area contributed by atoms with Crippen LogP contribution < -0.4 is 5.56 Å². The molecule has 0 N–H and O–H groups in total. The summed E-state index contributed by atoms with van der Waals surface area (Å²) in [6.45, 7) is 0.203. The van der Waals surface area contributed by atoms with Crippen molar-refractivity contribution in [3.05, 3.63) is 61.8 Å². The molecule has 3 aromatic heterocycles. The maximum absolute atomic E-state index is 11.9. The van der Waals surface area contributed by atoms with E-state index in [4.69, 9.17) is 34.8 Å². The first-order chi connectivity index (χ1) is 9.54. The molecule has 0 aliphatic rings. The minimum Gasteiger partial charge on any atom is -0.305 e. The monoisotopic (exact) mass is 328 g/mol. The first kappa shape index (κ1) is 13.4. The minimum absolute atomic E-state index is 0.0477. The van der Waals surface area contributed by atoms with E-state index >= 15 is 0 Å². The Morgan fingerprint density at radius 2 is 1.95 bits per heavy atom. The van der Waals surface area contributed by atoms with Crippen LogP contribution in [0.5, 0.6) is 0 Å². The zero-order valence-corrected chi connectivity index (χ0v) is 12.2. The summed E-state index contributed by atoms with van der Waals surface area (Å²) in [6.07, 6.45) is 4.84. The SMILES string of the molecule is O=c1c(Cl)c(Cl)cnn1Cc1cn2cc(Cl)ccc2n1. The van der Waals surface area contributed by atoms with Gasteiger partial charge in [0.2, 0.25) is 0 Å². The molecular formula is C12H7Cl3N4O. The van der Waals surface area contributed by atoms with Crippen LogP contribution in [0.3, 0.4) is 0 Å². The summed E-state index contributed by atoms with van der Waals surface area (Å²) in [4.78, 5) is 16.3. The summed E-state index contributed by atoms with van der Waals surface area (Å²) in [7, 11) is 0. The minimum atomic E-state index is -0.450. The van der Waals surface area contributed by atoms with Gasteiger partial charge in [0.1, 0.15) is 10.7 Å². The van der Waals surface area contributed by atoms with Crippen LogP contribution in [0.25, 0.3) is 5.65 Å². The highest BCUT2D eigenvalue weighted by Gasteiger charge is 2.09. The van der Waals surface area contributed by atoms with E-state index in [9.17, 15) is 4.79 Å². The number of rotatable bonds is 2. The molecule has 0 aliphatic heterocycles. The third kappa shape index (κ3) is 2.40. The van der Waals surface area contributed by atoms with E-state index in [0.29, 0.717) is 10.7 Å². The van der Waals surface area contributed by atoms with Gasteiger partial charge in [-0.3, -0.25) is 4.79 Å². The van der Waals surface area contributed by atoms with Crippen LogP contribution in [0.4, 0.5) is 0 Å². The molecule has 8 heteroatoms. The Bertz CT molecular complexity index is 856. The highest BCUT2D eigenvalue weighted by molar-refractivity contribution is 6.41. The molecule has 3 rings (SSSR count). The summed E-state index contributed by atoms with van der Waals surface area (Å²) in [5.41, 5.74) is 0.951. The first-order valence-electron chi connectivity index (χ1n) is 5.59. The van der Waals surface area contributed by atoms with Crippen LogP contribution >= 0.6 is 34.8 Å². The summed E-state index contributed by atoms with van der Waals surface area (Å²) in [5, 5.41) is 4.62. The van der Waals surface area contributed by atoms with Gasteiger partial charge in [0.15, 0.2) is 0 Å². The van der Waals surface area contributed by atoms with Gasteiger partial charge in [-0.15, -0.1) is 0 Å². The average Bonchev–Trinajstić information content (AvgIpc) is 2.81. The van der Waals surface area contributed by atoms with Gasteiger partial charge < -0.3 is 4.40 Å². The number of fused-ring (bicyclic) bond motifs is 1. The van der Waals surface area contributed by atoms with Crippen molar-refractivity contribution in [1.29, 1.82) is 0 Å². The van der Waals surface area contributed by atoms with Crippen molar-refractivity contribution in [2.75, 3.05) is 0 Å². The van der Waals surface area contributed by atoms with E-state index in [-0.39, 0.29) is 16.6 Å². The predicted molar refractivity (Wildman–Crippen MR) is 77.8 cm³/mol. The summed E-state index contributed by atoms with van der Waals surface area (Å²) in [5.74, 6) is 0. The molecule has 0 bridgehead atoms. The van der Waals surface area contributed by atoms with Gasteiger partial charge in [0.25, 0.3) is 5.56 Å². The van der Waals surface area contributed by atoms with Gasteiger partial charge in [-0.25, -0.2) is 9.67 Å². The topological polar surface area (TPSA) is 52.2 Å². The van der Waals surface area contributed by atoms with Gasteiger partial charge in [-0.1, -0.05) is 34.8 Å².